The third kappa shape index (κ3) is 5.82. The van der Waals surface area contributed by atoms with E-state index in [1.165, 1.54) is 17.8 Å². The van der Waals surface area contributed by atoms with Crippen LogP contribution in [0.1, 0.15) is 50.3 Å². The van der Waals surface area contributed by atoms with Gasteiger partial charge in [0.2, 0.25) is 5.91 Å². The van der Waals surface area contributed by atoms with E-state index in [4.69, 9.17) is 14.5 Å². The van der Waals surface area contributed by atoms with Gasteiger partial charge in [0.05, 0.1) is 36.3 Å². The van der Waals surface area contributed by atoms with Crippen molar-refractivity contribution in [3.63, 3.8) is 0 Å². The number of piperidine rings is 1. The second kappa shape index (κ2) is 11.8. The number of nitrogens with zero attached hydrogens (tertiary/aromatic N) is 3. The highest BCUT2D eigenvalue weighted by atomic mass is 32.2. The normalized spacial score (nSPS) is 19.7. The molecule has 0 saturated carbocycles. The topological polar surface area (TPSA) is 88.5 Å². The minimum absolute atomic E-state index is 0.0135. The summed E-state index contributed by atoms with van der Waals surface area (Å²) in [6, 6.07) is 7.53. The Morgan fingerprint density at radius 2 is 1.95 bits per heavy atom. The predicted molar refractivity (Wildman–Crippen MR) is 143 cm³/mol. The van der Waals surface area contributed by atoms with Gasteiger partial charge in [-0.25, -0.2) is 9.79 Å². The number of benzene rings is 1. The molecule has 0 N–H and O–H groups in total. The van der Waals surface area contributed by atoms with E-state index in [0.29, 0.717) is 43.8 Å². The zero-order chi connectivity index (χ0) is 26.5. The van der Waals surface area contributed by atoms with Crippen molar-refractivity contribution in [2.75, 3.05) is 26.3 Å². The molecule has 0 radical (unpaired) electrons. The number of hydrogen-bond acceptors (Lipinski definition) is 8. The Morgan fingerprint density at radius 1 is 1.19 bits per heavy atom. The summed E-state index contributed by atoms with van der Waals surface area (Å²) in [7, 11) is 0. The number of rotatable bonds is 8. The summed E-state index contributed by atoms with van der Waals surface area (Å²) in [5, 5.41) is 2.67. The maximum atomic E-state index is 13.3. The quantitative estimate of drug-likeness (QED) is 0.366. The van der Waals surface area contributed by atoms with Gasteiger partial charge in [0.25, 0.3) is 0 Å². The molecule has 8 nitrogen and oxygen atoms in total. The Balaban J connectivity index is 1.56. The van der Waals surface area contributed by atoms with Crippen LogP contribution in [0.5, 0.6) is 0 Å². The van der Waals surface area contributed by atoms with Crippen LogP contribution in [-0.2, 0) is 23.9 Å². The molecule has 1 aromatic carbocycles. The summed E-state index contributed by atoms with van der Waals surface area (Å²) < 4.78 is 10.6. The van der Waals surface area contributed by atoms with Crippen LogP contribution in [0.4, 0.5) is 0 Å². The first-order valence-electron chi connectivity index (χ1n) is 12.6. The van der Waals surface area contributed by atoms with Gasteiger partial charge in [-0.15, -0.1) is 0 Å². The average molecular weight is 524 g/mol. The number of amidine groups is 1. The molecule has 1 atom stereocenters. The number of carbonyl (C=O) groups is 3. The van der Waals surface area contributed by atoms with Crippen LogP contribution in [0, 0.1) is 12.8 Å². The van der Waals surface area contributed by atoms with Gasteiger partial charge < -0.3 is 19.3 Å². The molecule has 37 heavy (non-hydrogen) atoms. The first-order chi connectivity index (χ1) is 17.8. The number of esters is 2. The molecular weight excluding hydrogens is 490 g/mol. The summed E-state index contributed by atoms with van der Waals surface area (Å²) in [6.45, 7) is 10.8. The molecule has 0 aromatic heterocycles. The smallest absolute Gasteiger partial charge is 0.338 e. The zero-order valence-corrected chi connectivity index (χ0v) is 22.4. The van der Waals surface area contributed by atoms with Crippen LogP contribution in [-0.4, -0.2) is 59.1 Å². The molecule has 0 aliphatic carbocycles. The van der Waals surface area contributed by atoms with E-state index < -0.39 is 12.0 Å². The summed E-state index contributed by atoms with van der Waals surface area (Å²) in [5.74, 6) is -0.803. The second-order valence-electron chi connectivity index (χ2n) is 9.28. The molecule has 1 saturated heterocycles. The average Bonchev–Trinajstić information content (AvgIpc) is 3.28. The lowest BCUT2D eigenvalue weighted by Gasteiger charge is -2.37. The fraction of sp³-hybridized carbons (Fsp3) is 0.429. The molecule has 3 aliphatic heterocycles. The molecule has 3 aliphatic rings. The highest BCUT2D eigenvalue weighted by molar-refractivity contribution is 8.16. The fourth-order valence-corrected chi connectivity index (χ4v) is 5.85. The number of aliphatic imine (C=N–C) groups is 1. The third-order valence-corrected chi connectivity index (χ3v) is 7.60. The van der Waals surface area contributed by atoms with Crippen molar-refractivity contribution in [1.29, 1.82) is 0 Å². The zero-order valence-electron chi connectivity index (χ0n) is 21.6. The number of thioether (sulfide) groups is 1. The summed E-state index contributed by atoms with van der Waals surface area (Å²) >= 11 is 1.45. The van der Waals surface area contributed by atoms with Crippen LogP contribution < -0.4 is 0 Å². The number of ether oxygens (including phenoxy) is 2. The van der Waals surface area contributed by atoms with Gasteiger partial charge >= 0.3 is 11.9 Å². The standard InChI is InChI=1S/C28H33N3O5S/c1-5-14-36-27(34)24-19(4)29-28-31(25(24)21-9-7-8-18(3)15-21)22(17-37-28)16-23(32)30-12-10-20(11-13-30)26(33)35-6-2/h5,7-9,15,17,20,25H,1,6,10-14,16H2,2-4H3. The molecule has 9 heteroatoms. The van der Waals surface area contributed by atoms with Gasteiger partial charge in [-0.2, -0.15) is 0 Å². The Kier molecular flexibility index (Phi) is 8.53. The van der Waals surface area contributed by atoms with Gasteiger partial charge in [0, 0.05) is 18.8 Å². The van der Waals surface area contributed by atoms with E-state index in [1.807, 2.05) is 53.3 Å². The number of allylic oxidation sites excluding steroid dienone is 1. The van der Waals surface area contributed by atoms with E-state index in [0.717, 1.165) is 22.0 Å². The van der Waals surface area contributed by atoms with E-state index in [9.17, 15) is 14.4 Å². The molecule has 1 amide bonds. The van der Waals surface area contributed by atoms with Crippen molar-refractivity contribution in [3.8, 4) is 0 Å². The molecular formula is C28H33N3O5S. The largest absolute Gasteiger partial charge is 0.466 e. The van der Waals surface area contributed by atoms with Crippen LogP contribution in [0.25, 0.3) is 0 Å². The van der Waals surface area contributed by atoms with Crippen molar-refractivity contribution in [2.24, 2.45) is 10.9 Å². The lowest BCUT2D eigenvalue weighted by molar-refractivity contribution is -0.151. The monoisotopic (exact) mass is 523 g/mol. The minimum Gasteiger partial charge on any atom is -0.466 e. The molecule has 1 unspecified atom stereocenters. The van der Waals surface area contributed by atoms with Crippen molar-refractivity contribution < 1.29 is 23.9 Å². The van der Waals surface area contributed by atoms with Gasteiger partial charge in [0.1, 0.15) is 6.61 Å². The Morgan fingerprint density at radius 3 is 2.62 bits per heavy atom. The number of likely N-dealkylation sites (tertiary alicyclic amines) is 1. The maximum Gasteiger partial charge on any atom is 0.338 e. The van der Waals surface area contributed by atoms with E-state index in [1.54, 1.807) is 6.92 Å². The maximum absolute atomic E-state index is 13.3. The summed E-state index contributed by atoms with van der Waals surface area (Å²) in [5.41, 5.74) is 3.83. The molecule has 1 aromatic rings. The van der Waals surface area contributed by atoms with Gasteiger partial charge in [-0.3, -0.25) is 9.59 Å². The number of hydrogen-bond donors (Lipinski definition) is 0. The Hall–Kier alpha value is -3.33. The third-order valence-electron chi connectivity index (χ3n) is 6.71. The lowest BCUT2D eigenvalue weighted by atomic mass is 9.92. The Bertz CT molecular complexity index is 1180. The predicted octanol–water partition coefficient (Wildman–Crippen LogP) is 4.49. The molecule has 1 fully saturated rings. The number of amides is 1. The van der Waals surface area contributed by atoms with Crippen LogP contribution in [0.3, 0.4) is 0 Å². The molecule has 3 heterocycles. The first kappa shape index (κ1) is 26.7. The highest BCUT2D eigenvalue weighted by Gasteiger charge is 2.41. The van der Waals surface area contributed by atoms with Crippen LogP contribution >= 0.6 is 11.8 Å². The van der Waals surface area contributed by atoms with Crippen molar-refractivity contribution in [1.82, 2.24) is 9.80 Å². The molecule has 196 valence electrons. The second-order valence-corrected chi connectivity index (χ2v) is 10.1. The van der Waals surface area contributed by atoms with Crippen molar-refractivity contribution in [3.05, 3.63) is 70.4 Å². The van der Waals surface area contributed by atoms with E-state index >= 15 is 0 Å². The molecule has 0 spiro atoms. The Labute approximate surface area is 222 Å². The van der Waals surface area contributed by atoms with Crippen molar-refractivity contribution in [2.45, 2.75) is 46.1 Å². The summed E-state index contributed by atoms with van der Waals surface area (Å²) in [6.07, 6.45) is 2.91. The summed E-state index contributed by atoms with van der Waals surface area (Å²) in [4.78, 5) is 47.1. The highest BCUT2D eigenvalue weighted by Crippen LogP contribution is 2.45. The van der Waals surface area contributed by atoms with Crippen LogP contribution in [0.15, 0.2) is 64.3 Å². The van der Waals surface area contributed by atoms with Gasteiger partial charge in [-0.05, 0) is 44.6 Å². The fourth-order valence-electron chi connectivity index (χ4n) is 4.89. The number of fused-ring (bicyclic) bond motifs is 1. The van der Waals surface area contributed by atoms with Crippen LogP contribution in [0.2, 0.25) is 0 Å². The molecule has 4 rings (SSSR count). The van der Waals surface area contributed by atoms with Gasteiger partial charge in [-0.1, -0.05) is 54.2 Å². The van der Waals surface area contributed by atoms with Gasteiger partial charge in [0.15, 0.2) is 5.17 Å². The number of carbonyl (C=O) groups excluding carboxylic acids is 3. The molecule has 0 bridgehead atoms. The van der Waals surface area contributed by atoms with E-state index in [-0.39, 0.29) is 30.8 Å². The first-order valence-corrected chi connectivity index (χ1v) is 13.4. The lowest BCUT2D eigenvalue weighted by Crippen LogP contribution is -2.42. The van der Waals surface area contributed by atoms with E-state index in [2.05, 4.69) is 6.58 Å². The number of aryl methyl sites for hydroxylation is 1. The minimum atomic E-state index is -0.465. The van der Waals surface area contributed by atoms with Crippen molar-refractivity contribution >= 4 is 34.8 Å². The SMILES string of the molecule is C=CCOC(=O)C1=C(C)N=C2SC=C(CC(=O)N3CCC(C(=O)OCC)CC3)N2C1c1cccc(C)c1.